The van der Waals surface area contributed by atoms with Gasteiger partial charge >= 0.3 is 12.0 Å². The number of hydrogen-bond acceptors (Lipinski definition) is 4. The first-order valence-corrected chi connectivity index (χ1v) is 7.21. The molecule has 0 aliphatic carbocycles. The number of amides is 2. The number of β-amino-alcohol motifs (C(OH)–C–C–N with tert-alkyl or cyclic N) is 1. The maximum atomic E-state index is 12.2. The Hall–Kier alpha value is -0.950. The second kappa shape index (κ2) is 6.29. The zero-order chi connectivity index (χ0) is 13.9. The van der Waals surface area contributed by atoms with Crippen LogP contribution in [-0.2, 0) is 4.79 Å². The molecule has 1 heterocycles. The van der Waals surface area contributed by atoms with Gasteiger partial charge in [0.15, 0.2) is 0 Å². The fourth-order valence-corrected chi connectivity index (χ4v) is 2.71. The quantitative estimate of drug-likeness (QED) is 0.772. The van der Waals surface area contributed by atoms with Crippen molar-refractivity contribution < 1.29 is 19.8 Å². The Bertz CT molecular complexity index is 326. The molecule has 1 rings (SSSR count). The number of rotatable bonds is 4. The largest absolute Gasteiger partial charge is 0.480 e. The highest BCUT2D eigenvalue weighted by atomic mass is 32.2. The van der Waals surface area contributed by atoms with E-state index < -0.39 is 18.1 Å². The molecule has 1 saturated heterocycles. The number of carbonyl (C=O) groups is 2. The van der Waals surface area contributed by atoms with Crippen molar-refractivity contribution in [3.05, 3.63) is 0 Å². The minimum absolute atomic E-state index is 0.0275. The molecule has 0 radical (unpaired) electrons. The van der Waals surface area contributed by atoms with Crippen molar-refractivity contribution in [2.45, 2.75) is 31.5 Å². The van der Waals surface area contributed by atoms with E-state index >= 15 is 0 Å². The molecule has 0 saturated carbocycles. The molecule has 104 valence electrons. The van der Waals surface area contributed by atoms with Crippen molar-refractivity contribution in [3.63, 3.8) is 0 Å². The summed E-state index contributed by atoms with van der Waals surface area (Å²) >= 11 is 1.63. The highest BCUT2D eigenvalue weighted by molar-refractivity contribution is 7.98. The van der Waals surface area contributed by atoms with Crippen LogP contribution in [0.4, 0.5) is 4.79 Å². The Balaban J connectivity index is 2.73. The van der Waals surface area contributed by atoms with Crippen molar-refractivity contribution in [1.29, 1.82) is 0 Å². The topological polar surface area (TPSA) is 81.1 Å². The second-order valence-electron chi connectivity index (χ2n) is 4.59. The fraction of sp³-hybridized carbons (Fsp3) is 0.818. The van der Waals surface area contributed by atoms with Crippen LogP contribution in [0.3, 0.4) is 0 Å². The van der Waals surface area contributed by atoms with Crippen LogP contribution in [0.2, 0.25) is 0 Å². The maximum absolute atomic E-state index is 12.2. The molecular formula is C11H20N2O4S. The van der Waals surface area contributed by atoms with Gasteiger partial charge in [0, 0.05) is 31.8 Å². The minimum atomic E-state index is -1.06. The Morgan fingerprint density at radius 1 is 1.56 bits per heavy atom. The molecule has 18 heavy (non-hydrogen) atoms. The zero-order valence-corrected chi connectivity index (χ0v) is 11.7. The number of hydrogen-bond donors (Lipinski definition) is 2. The Morgan fingerprint density at radius 3 is 2.67 bits per heavy atom. The molecule has 2 N–H and O–H groups in total. The van der Waals surface area contributed by atoms with Crippen LogP contribution in [-0.4, -0.2) is 75.8 Å². The summed E-state index contributed by atoms with van der Waals surface area (Å²) in [6.45, 7) is 2.00. The summed E-state index contributed by atoms with van der Waals surface area (Å²) in [7, 11) is 1.66. The molecule has 1 aliphatic heterocycles. The van der Waals surface area contributed by atoms with Crippen molar-refractivity contribution in [2.75, 3.05) is 25.6 Å². The van der Waals surface area contributed by atoms with Crippen LogP contribution in [0.5, 0.6) is 0 Å². The van der Waals surface area contributed by atoms with Gasteiger partial charge in [0.2, 0.25) is 0 Å². The molecule has 7 heteroatoms. The molecule has 0 aromatic carbocycles. The van der Waals surface area contributed by atoms with Gasteiger partial charge in [0.25, 0.3) is 0 Å². The molecule has 1 unspecified atom stereocenters. The first-order valence-electron chi connectivity index (χ1n) is 5.81. The standard InChI is InChI=1S/C11H20N2O4S/c1-7(6-18-3)12(2)11(17)13-5-8(14)4-9(13)10(15)16/h7-9,14H,4-6H2,1-3H3,(H,15,16)/t7?,8-,9-/m1/s1. The number of urea groups is 1. The van der Waals surface area contributed by atoms with E-state index in [1.807, 2.05) is 13.2 Å². The molecule has 1 fully saturated rings. The summed E-state index contributed by atoms with van der Waals surface area (Å²) in [6.07, 6.45) is 1.31. The van der Waals surface area contributed by atoms with Crippen LogP contribution in [0.1, 0.15) is 13.3 Å². The predicted octanol–water partition coefficient (Wildman–Crippen LogP) is 0.309. The molecule has 6 nitrogen and oxygen atoms in total. The van der Waals surface area contributed by atoms with E-state index in [0.29, 0.717) is 0 Å². The second-order valence-corrected chi connectivity index (χ2v) is 5.50. The van der Waals surface area contributed by atoms with Gasteiger partial charge in [-0.2, -0.15) is 11.8 Å². The van der Waals surface area contributed by atoms with Gasteiger partial charge in [-0.05, 0) is 13.2 Å². The van der Waals surface area contributed by atoms with E-state index in [1.54, 1.807) is 18.8 Å². The molecule has 3 atom stereocenters. The molecule has 0 spiro atoms. The first-order chi connectivity index (χ1) is 8.38. The monoisotopic (exact) mass is 276 g/mol. The third-order valence-electron chi connectivity index (χ3n) is 3.18. The number of aliphatic carboxylic acids is 1. The number of nitrogens with zero attached hydrogens (tertiary/aromatic N) is 2. The molecule has 1 aliphatic rings. The van der Waals surface area contributed by atoms with Crippen LogP contribution >= 0.6 is 11.8 Å². The van der Waals surface area contributed by atoms with Gasteiger partial charge in [0.1, 0.15) is 6.04 Å². The lowest BCUT2D eigenvalue weighted by Crippen LogP contribution is -2.49. The number of likely N-dealkylation sites (tertiary alicyclic amines) is 1. The number of carboxylic acid groups (broad SMARTS) is 1. The zero-order valence-electron chi connectivity index (χ0n) is 10.9. The SMILES string of the molecule is CSCC(C)N(C)C(=O)N1C[C@H](O)C[C@@H]1C(=O)O. The number of carbonyl (C=O) groups excluding carboxylic acids is 1. The van der Waals surface area contributed by atoms with Crippen LogP contribution in [0.15, 0.2) is 0 Å². The Morgan fingerprint density at radius 2 is 2.17 bits per heavy atom. The Kier molecular flexibility index (Phi) is 5.28. The number of aliphatic hydroxyl groups is 1. The highest BCUT2D eigenvalue weighted by Crippen LogP contribution is 2.20. The third kappa shape index (κ3) is 3.29. The van der Waals surface area contributed by atoms with E-state index in [0.717, 1.165) is 5.75 Å². The molecule has 0 aromatic rings. The van der Waals surface area contributed by atoms with Crippen molar-refractivity contribution in [1.82, 2.24) is 9.80 Å². The maximum Gasteiger partial charge on any atom is 0.326 e. The number of carboxylic acids is 1. The minimum Gasteiger partial charge on any atom is -0.480 e. The van der Waals surface area contributed by atoms with Crippen molar-refractivity contribution >= 4 is 23.8 Å². The lowest BCUT2D eigenvalue weighted by Gasteiger charge is -2.31. The van der Waals surface area contributed by atoms with E-state index in [9.17, 15) is 14.7 Å². The molecular weight excluding hydrogens is 256 g/mol. The van der Waals surface area contributed by atoms with Gasteiger partial charge in [-0.15, -0.1) is 0 Å². The van der Waals surface area contributed by atoms with Crippen molar-refractivity contribution in [2.24, 2.45) is 0 Å². The molecule has 0 aromatic heterocycles. The van der Waals surface area contributed by atoms with E-state index in [-0.39, 0.29) is 25.0 Å². The van der Waals surface area contributed by atoms with Crippen LogP contribution in [0.25, 0.3) is 0 Å². The van der Waals surface area contributed by atoms with Gasteiger partial charge in [-0.25, -0.2) is 9.59 Å². The van der Waals surface area contributed by atoms with Gasteiger partial charge in [-0.1, -0.05) is 0 Å². The summed E-state index contributed by atoms with van der Waals surface area (Å²) < 4.78 is 0. The van der Waals surface area contributed by atoms with Gasteiger partial charge in [0.05, 0.1) is 6.10 Å². The number of aliphatic hydroxyl groups excluding tert-OH is 1. The lowest BCUT2D eigenvalue weighted by atomic mass is 10.2. The average Bonchev–Trinajstić information content (AvgIpc) is 2.69. The first kappa shape index (κ1) is 15.1. The predicted molar refractivity (Wildman–Crippen MR) is 69.8 cm³/mol. The number of thioether (sulfide) groups is 1. The normalized spacial score (nSPS) is 25.0. The van der Waals surface area contributed by atoms with E-state index in [1.165, 1.54) is 9.80 Å². The van der Waals surface area contributed by atoms with E-state index in [4.69, 9.17) is 5.11 Å². The smallest absolute Gasteiger partial charge is 0.326 e. The lowest BCUT2D eigenvalue weighted by molar-refractivity contribution is -0.141. The molecule has 2 amide bonds. The summed E-state index contributed by atoms with van der Waals surface area (Å²) in [6, 6.07) is -1.23. The Labute approximate surface area is 111 Å². The fourth-order valence-electron chi connectivity index (χ4n) is 2.00. The van der Waals surface area contributed by atoms with Crippen LogP contribution in [0, 0.1) is 0 Å². The van der Waals surface area contributed by atoms with Crippen LogP contribution < -0.4 is 0 Å². The summed E-state index contributed by atoms with van der Waals surface area (Å²) in [5.74, 6) is -0.276. The van der Waals surface area contributed by atoms with Crippen molar-refractivity contribution in [3.8, 4) is 0 Å². The van der Waals surface area contributed by atoms with Gasteiger partial charge in [-0.3, -0.25) is 0 Å². The third-order valence-corrected chi connectivity index (χ3v) is 4.00. The molecule has 0 bridgehead atoms. The average molecular weight is 276 g/mol. The highest BCUT2D eigenvalue weighted by Gasteiger charge is 2.40. The van der Waals surface area contributed by atoms with Gasteiger partial charge < -0.3 is 20.0 Å². The van der Waals surface area contributed by atoms with E-state index in [2.05, 4.69) is 0 Å². The summed E-state index contributed by atoms with van der Waals surface area (Å²) in [4.78, 5) is 26.0. The summed E-state index contributed by atoms with van der Waals surface area (Å²) in [5.41, 5.74) is 0. The summed E-state index contributed by atoms with van der Waals surface area (Å²) in [5, 5.41) is 18.6.